The summed E-state index contributed by atoms with van der Waals surface area (Å²) >= 11 is 3.52. The van der Waals surface area contributed by atoms with Crippen LogP contribution in [0.3, 0.4) is 0 Å². The summed E-state index contributed by atoms with van der Waals surface area (Å²) in [6.45, 7) is 3.99. The molecular formula is C15H17BrN2O2S. The van der Waals surface area contributed by atoms with Crippen molar-refractivity contribution >= 4 is 31.6 Å². The van der Waals surface area contributed by atoms with Gasteiger partial charge < -0.3 is 5.32 Å². The third kappa shape index (κ3) is 4.06. The molecule has 112 valence electrons. The number of hydrogen-bond donors (Lipinski definition) is 2. The van der Waals surface area contributed by atoms with Crippen LogP contribution in [-0.4, -0.2) is 8.42 Å². The molecule has 4 nitrogen and oxygen atoms in total. The van der Waals surface area contributed by atoms with Crippen LogP contribution in [0.4, 0.5) is 5.69 Å². The van der Waals surface area contributed by atoms with Gasteiger partial charge in [0.15, 0.2) is 0 Å². The van der Waals surface area contributed by atoms with Crippen LogP contribution in [0.15, 0.2) is 51.8 Å². The summed E-state index contributed by atoms with van der Waals surface area (Å²) in [5.41, 5.74) is 2.97. The Morgan fingerprint density at radius 3 is 2.52 bits per heavy atom. The molecule has 0 aliphatic carbocycles. The van der Waals surface area contributed by atoms with Crippen LogP contribution in [-0.2, 0) is 10.0 Å². The third-order valence-corrected chi connectivity index (χ3v) is 4.75. The van der Waals surface area contributed by atoms with Gasteiger partial charge in [-0.3, -0.25) is 0 Å². The van der Waals surface area contributed by atoms with E-state index in [0.29, 0.717) is 0 Å². The largest absolute Gasteiger partial charge is 0.378 e. The maximum atomic E-state index is 11.4. The quantitative estimate of drug-likeness (QED) is 0.865. The molecule has 0 amide bonds. The molecule has 2 rings (SSSR count). The Morgan fingerprint density at radius 1 is 1.19 bits per heavy atom. The zero-order valence-electron chi connectivity index (χ0n) is 11.8. The van der Waals surface area contributed by atoms with Crippen LogP contribution in [0.1, 0.15) is 24.1 Å². The van der Waals surface area contributed by atoms with E-state index in [-0.39, 0.29) is 10.9 Å². The Labute approximate surface area is 133 Å². The first-order valence-electron chi connectivity index (χ1n) is 6.43. The number of hydrogen-bond acceptors (Lipinski definition) is 3. The number of aryl methyl sites for hydroxylation is 1. The minimum atomic E-state index is -3.68. The Hall–Kier alpha value is -1.37. The normalized spacial score (nSPS) is 13.0. The Morgan fingerprint density at radius 2 is 1.90 bits per heavy atom. The topological polar surface area (TPSA) is 72.2 Å². The van der Waals surface area contributed by atoms with Gasteiger partial charge in [-0.2, -0.15) is 0 Å². The summed E-state index contributed by atoms with van der Waals surface area (Å²) in [7, 11) is -3.68. The molecule has 0 fully saturated rings. The summed E-state index contributed by atoms with van der Waals surface area (Å²) in [4.78, 5) is 0.122. The lowest BCUT2D eigenvalue weighted by atomic mass is 10.1. The van der Waals surface area contributed by atoms with Gasteiger partial charge in [-0.1, -0.05) is 18.2 Å². The van der Waals surface area contributed by atoms with Crippen molar-refractivity contribution in [2.45, 2.75) is 24.8 Å². The van der Waals surface area contributed by atoms with Gasteiger partial charge >= 0.3 is 0 Å². The van der Waals surface area contributed by atoms with Gasteiger partial charge in [-0.25, -0.2) is 13.6 Å². The van der Waals surface area contributed by atoms with E-state index in [2.05, 4.69) is 21.2 Å². The van der Waals surface area contributed by atoms with Gasteiger partial charge in [0.05, 0.1) is 4.90 Å². The number of primary sulfonamides is 1. The molecule has 1 unspecified atom stereocenters. The molecule has 6 heteroatoms. The number of nitrogens with one attached hydrogen (secondary N) is 1. The average Bonchev–Trinajstić information content (AvgIpc) is 2.41. The van der Waals surface area contributed by atoms with Gasteiger partial charge in [0, 0.05) is 16.2 Å². The summed E-state index contributed by atoms with van der Waals surface area (Å²) in [6.07, 6.45) is 0. The van der Waals surface area contributed by atoms with E-state index in [1.54, 1.807) is 12.1 Å². The molecule has 0 aliphatic heterocycles. The second-order valence-electron chi connectivity index (χ2n) is 4.97. The zero-order chi connectivity index (χ0) is 15.6. The van der Waals surface area contributed by atoms with Crippen LogP contribution < -0.4 is 10.5 Å². The zero-order valence-corrected chi connectivity index (χ0v) is 14.2. The fourth-order valence-corrected chi connectivity index (χ4v) is 3.19. The van der Waals surface area contributed by atoms with Crippen LogP contribution in [0.2, 0.25) is 0 Å². The van der Waals surface area contributed by atoms with Gasteiger partial charge in [0.25, 0.3) is 0 Å². The van der Waals surface area contributed by atoms with Crippen LogP contribution in [0.5, 0.6) is 0 Å². The fraction of sp³-hybridized carbons (Fsp3) is 0.200. The predicted molar refractivity (Wildman–Crippen MR) is 88.7 cm³/mol. The van der Waals surface area contributed by atoms with Crippen molar-refractivity contribution < 1.29 is 8.42 Å². The Kier molecular flexibility index (Phi) is 4.70. The second kappa shape index (κ2) is 6.17. The van der Waals surface area contributed by atoms with Gasteiger partial charge in [-0.05, 0) is 65.2 Å². The van der Waals surface area contributed by atoms with E-state index in [1.807, 2.05) is 38.1 Å². The minimum absolute atomic E-state index is 0.0503. The molecule has 0 radical (unpaired) electrons. The van der Waals surface area contributed by atoms with Crippen molar-refractivity contribution in [1.82, 2.24) is 0 Å². The van der Waals surface area contributed by atoms with Gasteiger partial charge in [-0.15, -0.1) is 0 Å². The number of rotatable bonds is 4. The lowest BCUT2D eigenvalue weighted by Crippen LogP contribution is -2.13. The molecule has 0 heterocycles. The molecule has 0 saturated heterocycles. The minimum Gasteiger partial charge on any atom is -0.378 e. The highest BCUT2D eigenvalue weighted by molar-refractivity contribution is 9.10. The fourth-order valence-electron chi connectivity index (χ4n) is 2.01. The predicted octanol–water partition coefficient (Wildman–Crippen LogP) is 3.58. The molecule has 0 spiro atoms. The molecule has 2 aromatic rings. The third-order valence-electron chi connectivity index (χ3n) is 3.18. The van der Waals surface area contributed by atoms with Crippen molar-refractivity contribution in [3.8, 4) is 0 Å². The standard InChI is InChI=1S/C15H17BrN2O2S/c1-10-6-7-15(14(16)8-10)18-11(2)12-4-3-5-13(9-12)21(17,19)20/h3-9,11,18H,1-2H3,(H2,17,19,20). The first kappa shape index (κ1) is 16.0. The van der Waals surface area contributed by atoms with Gasteiger partial charge in [0.1, 0.15) is 0 Å². The molecule has 0 aliphatic rings. The summed E-state index contributed by atoms with van der Waals surface area (Å²) < 4.78 is 23.8. The van der Waals surface area contributed by atoms with E-state index in [9.17, 15) is 8.42 Å². The lowest BCUT2D eigenvalue weighted by molar-refractivity contribution is 0.597. The maximum absolute atomic E-state index is 11.4. The summed E-state index contributed by atoms with van der Waals surface area (Å²) in [5.74, 6) is 0. The highest BCUT2D eigenvalue weighted by Crippen LogP contribution is 2.28. The van der Waals surface area contributed by atoms with Crippen molar-refractivity contribution in [1.29, 1.82) is 0 Å². The summed E-state index contributed by atoms with van der Waals surface area (Å²) in [6, 6.07) is 12.6. The monoisotopic (exact) mass is 368 g/mol. The van der Waals surface area contributed by atoms with Crippen LogP contribution in [0.25, 0.3) is 0 Å². The molecular weight excluding hydrogens is 352 g/mol. The molecule has 21 heavy (non-hydrogen) atoms. The van der Waals surface area contributed by atoms with E-state index in [0.717, 1.165) is 21.3 Å². The maximum Gasteiger partial charge on any atom is 0.238 e. The lowest BCUT2D eigenvalue weighted by Gasteiger charge is -2.17. The van der Waals surface area contributed by atoms with E-state index in [1.165, 1.54) is 6.07 Å². The van der Waals surface area contributed by atoms with Crippen LogP contribution in [0, 0.1) is 6.92 Å². The smallest absolute Gasteiger partial charge is 0.238 e. The highest BCUT2D eigenvalue weighted by atomic mass is 79.9. The Balaban J connectivity index is 2.26. The first-order chi connectivity index (χ1) is 9.77. The molecule has 2 aromatic carbocycles. The molecule has 3 N–H and O–H groups in total. The number of anilines is 1. The SMILES string of the molecule is Cc1ccc(NC(C)c2cccc(S(N)(=O)=O)c2)c(Br)c1. The number of nitrogens with two attached hydrogens (primary N) is 1. The van der Waals surface area contributed by atoms with Crippen molar-refractivity contribution in [2.24, 2.45) is 5.14 Å². The molecule has 0 aromatic heterocycles. The number of sulfonamides is 1. The molecule has 0 bridgehead atoms. The molecule has 1 atom stereocenters. The number of halogens is 1. The number of benzene rings is 2. The van der Waals surface area contributed by atoms with Crippen molar-refractivity contribution in [2.75, 3.05) is 5.32 Å². The van der Waals surface area contributed by atoms with E-state index < -0.39 is 10.0 Å². The Bertz CT molecular complexity index is 760. The van der Waals surface area contributed by atoms with E-state index >= 15 is 0 Å². The first-order valence-corrected chi connectivity index (χ1v) is 8.77. The second-order valence-corrected chi connectivity index (χ2v) is 7.38. The molecule has 0 saturated carbocycles. The summed E-state index contributed by atoms with van der Waals surface area (Å²) in [5, 5.41) is 8.51. The van der Waals surface area contributed by atoms with E-state index in [4.69, 9.17) is 5.14 Å². The van der Waals surface area contributed by atoms with Crippen molar-refractivity contribution in [3.05, 3.63) is 58.1 Å². The van der Waals surface area contributed by atoms with Gasteiger partial charge in [0.2, 0.25) is 10.0 Å². The highest BCUT2D eigenvalue weighted by Gasteiger charge is 2.12. The van der Waals surface area contributed by atoms with Crippen LogP contribution >= 0.6 is 15.9 Å². The average molecular weight is 369 g/mol. The van der Waals surface area contributed by atoms with Crippen molar-refractivity contribution in [3.63, 3.8) is 0 Å².